The number of amides is 2. The summed E-state index contributed by atoms with van der Waals surface area (Å²) in [6.07, 6.45) is 1.69. The van der Waals surface area contributed by atoms with Gasteiger partial charge in [-0.3, -0.25) is 14.5 Å². The van der Waals surface area contributed by atoms with E-state index in [-0.39, 0.29) is 30.2 Å². The summed E-state index contributed by atoms with van der Waals surface area (Å²) in [5.74, 6) is 1.04. The summed E-state index contributed by atoms with van der Waals surface area (Å²) in [5, 5.41) is 0. The lowest BCUT2D eigenvalue weighted by molar-refractivity contribution is -0.132. The molecule has 2 amide bonds. The molecule has 3 aromatic rings. The number of carbonyl (C=O) groups is 2. The lowest BCUT2D eigenvalue weighted by atomic mass is 10.1. The van der Waals surface area contributed by atoms with E-state index in [0.717, 1.165) is 17.9 Å². The number of benzene rings is 3. The average molecular weight is 498 g/mol. The third-order valence-electron chi connectivity index (χ3n) is 6.85. The predicted octanol–water partition coefficient (Wildman–Crippen LogP) is 4.51. The molecule has 5 rings (SSSR count). The summed E-state index contributed by atoms with van der Waals surface area (Å²) in [7, 11) is 1.61. The van der Waals surface area contributed by atoms with E-state index < -0.39 is 0 Å². The number of methoxy groups -OCH3 is 1. The second-order valence-electron chi connectivity index (χ2n) is 9.46. The number of nitrogens with zero attached hydrogens (tertiary/aromatic N) is 3. The third-order valence-corrected chi connectivity index (χ3v) is 6.85. The molecular formula is C30H31N3O4. The first kappa shape index (κ1) is 24.4. The molecule has 2 aliphatic heterocycles. The summed E-state index contributed by atoms with van der Waals surface area (Å²) >= 11 is 0. The molecule has 1 atom stereocenters. The van der Waals surface area contributed by atoms with E-state index in [4.69, 9.17) is 9.47 Å². The Morgan fingerprint density at radius 2 is 1.84 bits per heavy atom. The van der Waals surface area contributed by atoms with Crippen LogP contribution in [0, 0.1) is 6.92 Å². The van der Waals surface area contributed by atoms with Gasteiger partial charge in [-0.05, 0) is 67.4 Å². The van der Waals surface area contributed by atoms with Gasteiger partial charge in [0.05, 0.1) is 12.8 Å². The number of rotatable bonds is 5. The number of anilines is 2. The molecule has 1 fully saturated rings. The second kappa shape index (κ2) is 10.4. The smallest absolute Gasteiger partial charge is 0.294 e. The van der Waals surface area contributed by atoms with E-state index in [2.05, 4.69) is 43.0 Å². The largest absolute Gasteiger partial charge is 0.497 e. The van der Waals surface area contributed by atoms with Crippen LogP contribution in [-0.2, 0) is 9.59 Å². The van der Waals surface area contributed by atoms with Gasteiger partial charge in [0.1, 0.15) is 12.3 Å². The summed E-state index contributed by atoms with van der Waals surface area (Å²) in [4.78, 5) is 32.6. The molecule has 0 N–H and O–H groups in total. The van der Waals surface area contributed by atoms with Crippen LogP contribution in [0.1, 0.15) is 18.1 Å². The van der Waals surface area contributed by atoms with Crippen LogP contribution in [0.15, 0.2) is 78.6 Å². The fraction of sp³-hybridized carbons (Fsp3) is 0.267. The van der Waals surface area contributed by atoms with Gasteiger partial charge in [-0.2, -0.15) is 0 Å². The van der Waals surface area contributed by atoms with Crippen molar-refractivity contribution in [1.29, 1.82) is 0 Å². The Morgan fingerprint density at radius 3 is 2.57 bits per heavy atom. The highest BCUT2D eigenvalue weighted by Crippen LogP contribution is 2.35. The van der Waals surface area contributed by atoms with Gasteiger partial charge >= 0.3 is 0 Å². The molecular weight excluding hydrogens is 466 g/mol. The minimum Gasteiger partial charge on any atom is -0.497 e. The van der Waals surface area contributed by atoms with E-state index in [9.17, 15) is 9.59 Å². The fourth-order valence-electron chi connectivity index (χ4n) is 4.88. The van der Waals surface area contributed by atoms with Crippen molar-refractivity contribution in [2.45, 2.75) is 19.9 Å². The van der Waals surface area contributed by atoms with Gasteiger partial charge in [0.25, 0.3) is 5.91 Å². The molecule has 3 aromatic carbocycles. The molecule has 0 spiro atoms. The summed E-state index contributed by atoms with van der Waals surface area (Å²) in [6.45, 7) is 6.12. The minimum atomic E-state index is -0.339. The zero-order valence-corrected chi connectivity index (χ0v) is 21.4. The number of aryl methyl sites for hydroxylation is 1. The molecule has 1 saturated heterocycles. The van der Waals surface area contributed by atoms with Gasteiger partial charge in [0.15, 0.2) is 11.5 Å². The van der Waals surface area contributed by atoms with Gasteiger partial charge in [-0.1, -0.05) is 36.4 Å². The highest BCUT2D eigenvalue weighted by molar-refractivity contribution is 6.12. The van der Waals surface area contributed by atoms with Crippen molar-refractivity contribution < 1.29 is 19.1 Å². The zero-order chi connectivity index (χ0) is 25.9. The Kier molecular flexibility index (Phi) is 6.86. The van der Waals surface area contributed by atoms with Gasteiger partial charge in [0.2, 0.25) is 5.91 Å². The number of para-hydroxylation sites is 2. The third kappa shape index (κ3) is 5.16. The quantitative estimate of drug-likeness (QED) is 0.486. The molecule has 2 aliphatic rings. The van der Waals surface area contributed by atoms with E-state index in [1.807, 2.05) is 53.4 Å². The zero-order valence-electron chi connectivity index (χ0n) is 21.4. The molecule has 37 heavy (non-hydrogen) atoms. The molecule has 0 aromatic heterocycles. The van der Waals surface area contributed by atoms with E-state index in [1.165, 1.54) is 16.2 Å². The maximum Gasteiger partial charge on any atom is 0.294 e. The van der Waals surface area contributed by atoms with Crippen molar-refractivity contribution in [3.8, 4) is 11.5 Å². The first-order valence-corrected chi connectivity index (χ1v) is 12.5. The highest BCUT2D eigenvalue weighted by Gasteiger charge is 2.34. The van der Waals surface area contributed by atoms with E-state index >= 15 is 0 Å². The summed E-state index contributed by atoms with van der Waals surface area (Å²) < 4.78 is 11.2. The van der Waals surface area contributed by atoms with Crippen molar-refractivity contribution in [3.05, 3.63) is 89.7 Å². The van der Waals surface area contributed by atoms with Crippen LogP contribution in [-0.4, -0.2) is 56.0 Å². The van der Waals surface area contributed by atoms with Crippen LogP contribution >= 0.6 is 0 Å². The molecule has 7 nitrogen and oxygen atoms in total. The molecule has 1 unspecified atom stereocenters. The lowest BCUT2D eigenvalue weighted by Gasteiger charge is -2.42. The summed E-state index contributed by atoms with van der Waals surface area (Å²) in [6, 6.07) is 23.3. The Balaban J connectivity index is 1.33. The van der Waals surface area contributed by atoms with Crippen molar-refractivity contribution in [2.75, 3.05) is 43.1 Å². The molecule has 190 valence electrons. The molecule has 0 saturated carbocycles. The molecule has 0 radical (unpaired) electrons. The first-order chi connectivity index (χ1) is 17.9. The standard InChI is InChI=1S/C30H31N3O4/c1-21-7-6-8-24(17-21)32-16-15-31(19-22(32)2)29(34)20-33-26-9-4-5-10-27(26)37-28(30(33)35)18-23-11-13-25(36-3)14-12-23/h4-14,17-18,22H,15-16,19-20H2,1-3H3. The molecule has 7 heteroatoms. The molecule has 0 aliphatic carbocycles. The van der Waals surface area contributed by atoms with Crippen LogP contribution < -0.4 is 19.3 Å². The van der Waals surface area contributed by atoms with Crippen LogP contribution in [0.3, 0.4) is 0 Å². The van der Waals surface area contributed by atoms with Crippen LogP contribution in [0.25, 0.3) is 6.08 Å². The maximum absolute atomic E-state index is 13.5. The fourth-order valence-corrected chi connectivity index (χ4v) is 4.88. The van der Waals surface area contributed by atoms with Crippen LogP contribution in [0.5, 0.6) is 11.5 Å². The van der Waals surface area contributed by atoms with Crippen molar-refractivity contribution in [2.24, 2.45) is 0 Å². The number of hydrogen-bond donors (Lipinski definition) is 0. The maximum atomic E-state index is 13.5. The Morgan fingerprint density at radius 1 is 1.05 bits per heavy atom. The predicted molar refractivity (Wildman–Crippen MR) is 145 cm³/mol. The van der Waals surface area contributed by atoms with Crippen molar-refractivity contribution >= 4 is 29.3 Å². The Bertz CT molecular complexity index is 1330. The van der Waals surface area contributed by atoms with E-state index in [0.29, 0.717) is 24.5 Å². The number of fused-ring (bicyclic) bond motifs is 1. The van der Waals surface area contributed by atoms with Gasteiger partial charge in [-0.25, -0.2) is 0 Å². The number of ether oxygens (including phenoxy) is 2. The van der Waals surface area contributed by atoms with Crippen LogP contribution in [0.2, 0.25) is 0 Å². The second-order valence-corrected chi connectivity index (χ2v) is 9.46. The first-order valence-electron chi connectivity index (χ1n) is 12.5. The van der Waals surface area contributed by atoms with Gasteiger partial charge in [-0.15, -0.1) is 0 Å². The topological polar surface area (TPSA) is 62.3 Å². The van der Waals surface area contributed by atoms with E-state index in [1.54, 1.807) is 13.2 Å². The lowest BCUT2D eigenvalue weighted by Crippen LogP contribution is -2.56. The SMILES string of the molecule is COc1ccc(C=C2Oc3ccccc3N(CC(=O)N3CCN(c4cccc(C)c4)C(C)C3)C2=O)cc1. The number of carbonyl (C=O) groups excluding carboxylic acids is 2. The Labute approximate surface area is 217 Å². The highest BCUT2D eigenvalue weighted by atomic mass is 16.5. The van der Waals surface area contributed by atoms with Crippen molar-refractivity contribution in [3.63, 3.8) is 0 Å². The van der Waals surface area contributed by atoms with Gasteiger partial charge in [0, 0.05) is 31.4 Å². The summed E-state index contributed by atoms with van der Waals surface area (Å²) in [5.41, 5.74) is 3.78. The van der Waals surface area contributed by atoms with Crippen molar-refractivity contribution in [1.82, 2.24) is 4.90 Å². The van der Waals surface area contributed by atoms with Crippen LogP contribution in [0.4, 0.5) is 11.4 Å². The minimum absolute atomic E-state index is 0.0453. The molecule has 0 bridgehead atoms. The molecule has 2 heterocycles. The Hall–Kier alpha value is -4.26. The number of hydrogen-bond acceptors (Lipinski definition) is 5. The average Bonchev–Trinajstić information content (AvgIpc) is 2.91. The monoisotopic (exact) mass is 497 g/mol. The van der Waals surface area contributed by atoms with Gasteiger partial charge < -0.3 is 19.3 Å². The number of piperazine rings is 1. The normalized spacial score (nSPS) is 18.5.